The predicted octanol–water partition coefficient (Wildman–Crippen LogP) is 14.2. The van der Waals surface area contributed by atoms with Gasteiger partial charge in [0.25, 0.3) is 0 Å². The van der Waals surface area contributed by atoms with Crippen molar-refractivity contribution in [3.05, 3.63) is 187 Å². The summed E-state index contributed by atoms with van der Waals surface area (Å²) >= 11 is 0. The van der Waals surface area contributed by atoms with Crippen LogP contribution in [-0.2, 0) is 0 Å². The van der Waals surface area contributed by atoms with Gasteiger partial charge in [0, 0.05) is 11.4 Å². The number of hydrogen-bond acceptors (Lipinski definition) is 1. The van der Waals surface area contributed by atoms with Crippen molar-refractivity contribution < 1.29 is 0 Å². The third-order valence-electron chi connectivity index (χ3n) is 10.8. The lowest BCUT2D eigenvalue weighted by molar-refractivity contribution is 1.22. The van der Waals surface area contributed by atoms with Crippen LogP contribution < -0.4 is 4.90 Å². The van der Waals surface area contributed by atoms with Gasteiger partial charge in [0.2, 0.25) is 0 Å². The molecule has 1 nitrogen and oxygen atoms in total. The topological polar surface area (TPSA) is 3.24 Å². The summed E-state index contributed by atoms with van der Waals surface area (Å²) in [6.45, 7) is 4.42. The number of benzene rings is 9. The second-order valence-corrected chi connectivity index (χ2v) is 13.8. The Labute approximate surface area is 298 Å². The van der Waals surface area contributed by atoms with E-state index >= 15 is 0 Å². The molecule has 1 heteroatoms. The Morgan fingerprint density at radius 2 is 0.804 bits per heavy atom. The van der Waals surface area contributed by atoms with Crippen LogP contribution in [-0.4, -0.2) is 0 Å². The number of rotatable bonds is 5. The first-order chi connectivity index (χ1) is 25.1. The van der Waals surface area contributed by atoms with E-state index in [9.17, 15) is 0 Å². The van der Waals surface area contributed by atoms with Gasteiger partial charge in [-0.2, -0.15) is 0 Å². The number of nitrogens with zero attached hydrogens (tertiary/aromatic N) is 1. The Morgan fingerprint density at radius 3 is 1.35 bits per heavy atom. The fourth-order valence-electron chi connectivity index (χ4n) is 8.45. The Hall–Kier alpha value is -6.44. The molecule has 0 fully saturated rings. The molecule has 9 aromatic carbocycles. The minimum absolute atomic E-state index is 1.16. The largest absolute Gasteiger partial charge is 0.310 e. The molecule has 0 N–H and O–H groups in total. The molecule has 51 heavy (non-hydrogen) atoms. The maximum Gasteiger partial charge on any atom is 0.0519 e. The highest BCUT2D eigenvalue weighted by Crippen LogP contribution is 2.54. The highest BCUT2D eigenvalue weighted by molar-refractivity contribution is 6.24. The van der Waals surface area contributed by atoms with E-state index in [0.29, 0.717) is 0 Å². The molecule has 9 aromatic rings. The molecule has 10 rings (SSSR count). The van der Waals surface area contributed by atoms with Gasteiger partial charge in [-0.25, -0.2) is 0 Å². The van der Waals surface area contributed by atoms with E-state index in [2.05, 4.69) is 195 Å². The second-order valence-electron chi connectivity index (χ2n) is 13.8. The normalized spacial score (nSPS) is 11.7. The van der Waals surface area contributed by atoms with Gasteiger partial charge in [-0.05, 0) is 150 Å². The summed E-state index contributed by atoms with van der Waals surface area (Å²) in [5.74, 6) is 0. The third-order valence-corrected chi connectivity index (χ3v) is 10.8. The van der Waals surface area contributed by atoms with Crippen LogP contribution in [0.25, 0.3) is 76.8 Å². The molecule has 0 saturated heterocycles. The van der Waals surface area contributed by atoms with Crippen LogP contribution in [0.1, 0.15) is 11.1 Å². The van der Waals surface area contributed by atoms with Gasteiger partial charge in [0.05, 0.1) is 5.69 Å². The fraction of sp³-hybridized carbons (Fsp3) is 0.0400. The molecule has 1 aliphatic carbocycles. The van der Waals surface area contributed by atoms with E-state index in [1.807, 2.05) is 0 Å². The Morgan fingerprint density at radius 1 is 0.333 bits per heavy atom. The van der Waals surface area contributed by atoms with Crippen LogP contribution >= 0.6 is 0 Å². The summed E-state index contributed by atoms with van der Waals surface area (Å²) in [6, 6.07) is 64.7. The molecule has 0 radical (unpaired) electrons. The van der Waals surface area contributed by atoms with Crippen molar-refractivity contribution in [2.75, 3.05) is 4.90 Å². The van der Waals surface area contributed by atoms with Crippen molar-refractivity contribution in [2.45, 2.75) is 13.8 Å². The molecule has 240 valence electrons. The number of anilines is 3. The van der Waals surface area contributed by atoms with E-state index in [4.69, 9.17) is 0 Å². The third kappa shape index (κ3) is 4.62. The van der Waals surface area contributed by atoms with Crippen LogP contribution in [0.4, 0.5) is 17.1 Å². The Kier molecular flexibility index (Phi) is 6.69. The van der Waals surface area contributed by atoms with Crippen LogP contribution in [0, 0.1) is 13.8 Å². The highest BCUT2D eigenvalue weighted by atomic mass is 15.1. The van der Waals surface area contributed by atoms with Gasteiger partial charge >= 0.3 is 0 Å². The molecule has 0 bridgehead atoms. The van der Waals surface area contributed by atoms with Gasteiger partial charge in [0.1, 0.15) is 0 Å². The number of fused-ring (bicyclic) bond motifs is 7. The number of hydrogen-bond donors (Lipinski definition) is 0. The molecule has 0 unspecified atom stereocenters. The average Bonchev–Trinajstić information content (AvgIpc) is 3.18. The van der Waals surface area contributed by atoms with E-state index in [-0.39, 0.29) is 0 Å². The molecule has 0 amide bonds. The number of aryl methyl sites for hydroxylation is 2. The average molecular weight is 650 g/mol. The van der Waals surface area contributed by atoms with Gasteiger partial charge in [-0.3, -0.25) is 0 Å². The molecule has 0 atom stereocenters. The first kappa shape index (κ1) is 29.5. The van der Waals surface area contributed by atoms with Crippen molar-refractivity contribution >= 4 is 49.4 Å². The molecule has 0 aromatic heterocycles. The second kappa shape index (κ2) is 11.6. The summed E-state index contributed by atoms with van der Waals surface area (Å²) in [7, 11) is 0. The van der Waals surface area contributed by atoms with E-state index in [1.54, 1.807) is 0 Å². The molecule has 0 spiro atoms. The molecular weight excluding hydrogens is 615 g/mol. The molecule has 1 aliphatic rings. The van der Waals surface area contributed by atoms with Gasteiger partial charge in [0.15, 0.2) is 0 Å². The zero-order valence-corrected chi connectivity index (χ0v) is 28.7. The summed E-state index contributed by atoms with van der Waals surface area (Å²) in [6.07, 6.45) is 0. The van der Waals surface area contributed by atoms with Gasteiger partial charge in [-0.15, -0.1) is 0 Å². The van der Waals surface area contributed by atoms with Crippen LogP contribution in [0.15, 0.2) is 176 Å². The SMILES string of the molecule is Cc1cccc(C)c1N(c1ccccc1)c1ccc2cc3c(cc2c1)-c1cc2c(-c4ccccc4)c4ccccc4c(-c4ccccc4)c2cc1-3. The van der Waals surface area contributed by atoms with Crippen molar-refractivity contribution in [3.8, 4) is 44.5 Å². The molecular formula is C50H35N. The molecule has 0 aliphatic heterocycles. The standard InChI is InChI=1S/C50H35N/c1-32-15-14-16-33(2)50(32)51(38-21-10-5-11-22-38)39-26-25-36-28-42-43(29-37(36)27-39)45-31-47-46(30-44(42)45)48(34-17-6-3-7-18-34)40-23-12-13-24-41(40)49(47)35-19-8-4-9-20-35/h3-31H,1-2H3. The lowest BCUT2D eigenvalue weighted by atomic mass is 9.75. The van der Waals surface area contributed by atoms with Gasteiger partial charge in [-0.1, -0.05) is 127 Å². The summed E-state index contributed by atoms with van der Waals surface area (Å²) in [4.78, 5) is 2.41. The lowest BCUT2D eigenvalue weighted by Crippen LogP contribution is -2.12. The van der Waals surface area contributed by atoms with E-state index in [1.165, 1.54) is 93.6 Å². The first-order valence-corrected chi connectivity index (χ1v) is 17.8. The number of para-hydroxylation sites is 2. The summed E-state index contributed by atoms with van der Waals surface area (Å²) < 4.78 is 0. The fourth-order valence-corrected chi connectivity index (χ4v) is 8.45. The smallest absolute Gasteiger partial charge is 0.0519 e. The highest BCUT2D eigenvalue weighted by Gasteiger charge is 2.27. The predicted molar refractivity (Wildman–Crippen MR) is 218 cm³/mol. The minimum atomic E-state index is 1.16. The maximum absolute atomic E-state index is 2.47. The Balaban J connectivity index is 1.20. The van der Waals surface area contributed by atoms with Crippen molar-refractivity contribution in [1.82, 2.24) is 0 Å². The van der Waals surface area contributed by atoms with E-state index < -0.39 is 0 Å². The van der Waals surface area contributed by atoms with Crippen LogP contribution in [0.3, 0.4) is 0 Å². The molecule has 0 heterocycles. The summed E-state index contributed by atoms with van der Waals surface area (Å²) in [5, 5.41) is 7.66. The molecule has 0 saturated carbocycles. The zero-order valence-electron chi connectivity index (χ0n) is 28.7. The Bertz CT molecular complexity index is 2780. The summed E-state index contributed by atoms with van der Waals surface area (Å²) in [5.41, 5.74) is 16.5. The van der Waals surface area contributed by atoms with Crippen LogP contribution in [0.5, 0.6) is 0 Å². The van der Waals surface area contributed by atoms with Crippen molar-refractivity contribution in [2.24, 2.45) is 0 Å². The lowest BCUT2D eigenvalue weighted by Gasteiger charge is -2.30. The maximum atomic E-state index is 2.47. The van der Waals surface area contributed by atoms with E-state index in [0.717, 1.165) is 11.4 Å². The zero-order chi connectivity index (χ0) is 34.1. The van der Waals surface area contributed by atoms with Crippen molar-refractivity contribution in [1.29, 1.82) is 0 Å². The first-order valence-electron chi connectivity index (χ1n) is 17.8. The monoisotopic (exact) mass is 649 g/mol. The minimum Gasteiger partial charge on any atom is -0.310 e. The quantitative estimate of drug-likeness (QED) is 0.168. The van der Waals surface area contributed by atoms with Crippen molar-refractivity contribution in [3.63, 3.8) is 0 Å². The van der Waals surface area contributed by atoms with Gasteiger partial charge < -0.3 is 4.90 Å². The van der Waals surface area contributed by atoms with Crippen LogP contribution in [0.2, 0.25) is 0 Å².